The Morgan fingerprint density at radius 1 is 1.06 bits per heavy atom. The molecule has 0 aliphatic heterocycles. The highest BCUT2D eigenvalue weighted by Crippen LogP contribution is 2.28. The molecule has 31 heavy (non-hydrogen) atoms. The van der Waals surface area contributed by atoms with Crippen molar-refractivity contribution in [1.29, 1.82) is 0 Å². The first kappa shape index (κ1) is 26.1. The number of carboxylic acid groups (broad SMARTS) is 1. The number of carbonyl (C=O) groups is 1. The topological polar surface area (TPSA) is 101 Å². The quantitative estimate of drug-likeness (QED) is 0.425. The molecule has 0 unspecified atom stereocenters. The minimum atomic E-state index is -1.10. The Morgan fingerprint density at radius 3 is 2.32 bits per heavy atom. The average molecular weight is 433 g/mol. The molecule has 3 N–H and O–H groups in total. The second-order valence-corrected chi connectivity index (χ2v) is 7.31. The Balaban J connectivity index is 0.00000110. The third-order valence-electron chi connectivity index (χ3n) is 4.74. The lowest BCUT2D eigenvalue weighted by atomic mass is 10.1. The molecule has 1 heterocycles. The van der Waals surface area contributed by atoms with Crippen LogP contribution in [0.3, 0.4) is 0 Å². The number of rotatable bonds is 12. The molecular formula is C24H36N2O5. The minimum Gasteiger partial charge on any atom is -0.506 e. The lowest BCUT2D eigenvalue weighted by molar-refractivity contribution is -0.135. The molecule has 0 radical (unpaired) electrons. The minimum absolute atomic E-state index is 0.0333. The van der Waals surface area contributed by atoms with Crippen molar-refractivity contribution >= 4 is 22.6 Å². The van der Waals surface area contributed by atoms with Gasteiger partial charge in [-0.3, -0.25) is 9.59 Å². The van der Waals surface area contributed by atoms with Crippen molar-refractivity contribution in [2.24, 2.45) is 0 Å². The number of hydrogen-bond acceptors (Lipinski definition) is 5. The third-order valence-corrected chi connectivity index (χ3v) is 4.74. The zero-order chi connectivity index (χ0) is 23.2. The second-order valence-electron chi connectivity index (χ2n) is 7.31. The van der Waals surface area contributed by atoms with E-state index in [-0.39, 0.29) is 17.0 Å². The average Bonchev–Trinajstić information content (AvgIpc) is 2.76. The fraction of sp³-hybridized carbons (Fsp3) is 0.500. The van der Waals surface area contributed by atoms with Crippen molar-refractivity contribution in [3.05, 3.63) is 46.8 Å². The molecule has 1 aromatic heterocycles. The van der Waals surface area contributed by atoms with E-state index in [0.717, 1.165) is 30.4 Å². The summed E-state index contributed by atoms with van der Waals surface area (Å²) in [5.41, 5.74) is -0.196. The van der Waals surface area contributed by atoms with E-state index in [1.54, 1.807) is 24.3 Å². The van der Waals surface area contributed by atoms with Gasteiger partial charge >= 0.3 is 5.97 Å². The van der Waals surface area contributed by atoms with Gasteiger partial charge in [0.15, 0.2) is 0 Å². The Labute approximate surface area is 184 Å². The number of benzene rings is 1. The zero-order valence-electron chi connectivity index (χ0n) is 18.9. The predicted molar refractivity (Wildman–Crippen MR) is 125 cm³/mol. The van der Waals surface area contributed by atoms with Crippen molar-refractivity contribution in [2.45, 2.75) is 65.7 Å². The standard InChI is InChI=1S/C20H26N2O5.C4H10/c1-3-4-5-6-9-12-27-22-16-11-8-7-10-15(16)19(25)18(20(22)26)14(2)21-13-17(23)24;1-3-4-2/h7-8,10-11,21,25H,2-6,9,12-13H2,1H3,(H,23,24);3-4H2,1-2H3. The van der Waals surface area contributed by atoms with Crippen LogP contribution in [-0.4, -0.2) is 34.1 Å². The van der Waals surface area contributed by atoms with Gasteiger partial charge in [-0.25, -0.2) is 0 Å². The summed E-state index contributed by atoms with van der Waals surface area (Å²) in [6.07, 6.45) is 7.90. The van der Waals surface area contributed by atoms with E-state index >= 15 is 0 Å². The van der Waals surface area contributed by atoms with Crippen molar-refractivity contribution in [2.75, 3.05) is 13.2 Å². The maximum absolute atomic E-state index is 12.9. The van der Waals surface area contributed by atoms with Crippen molar-refractivity contribution in [3.63, 3.8) is 0 Å². The molecule has 0 fully saturated rings. The van der Waals surface area contributed by atoms with Crippen molar-refractivity contribution < 1.29 is 19.8 Å². The molecule has 0 atom stereocenters. The fourth-order valence-corrected chi connectivity index (χ4v) is 2.83. The normalized spacial score (nSPS) is 10.3. The first-order valence-corrected chi connectivity index (χ1v) is 11.0. The summed E-state index contributed by atoms with van der Waals surface area (Å²) in [6.45, 7) is 10.2. The summed E-state index contributed by atoms with van der Waals surface area (Å²) in [4.78, 5) is 29.4. The number of fused-ring (bicyclic) bond motifs is 1. The number of pyridine rings is 1. The molecule has 0 spiro atoms. The number of aromatic nitrogens is 1. The smallest absolute Gasteiger partial charge is 0.322 e. The van der Waals surface area contributed by atoms with Gasteiger partial charge in [0.25, 0.3) is 5.56 Å². The Morgan fingerprint density at radius 2 is 1.71 bits per heavy atom. The monoisotopic (exact) mass is 432 g/mol. The molecule has 0 aliphatic carbocycles. The number of aliphatic carboxylic acids is 1. The van der Waals surface area contributed by atoms with Gasteiger partial charge in [-0.2, -0.15) is 0 Å². The highest BCUT2D eigenvalue weighted by molar-refractivity contribution is 5.90. The van der Waals surface area contributed by atoms with Gasteiger partial charge < -0.3 is 20.4 Å². The van der Waals surface area contributed by atoms with Crippen LogP contribution in [0.1, 0.15) is 71.3 Å². The number of carboxylic acids is 1. The van der Waals surface area contributed by atoms with Crippen LogP contribution in [0, 0.1) is 0 Å². The number of unbranched alkanes of at least 4 members (excludes halogenated alkanes) is 5. The van der Waals surface area contributed by atoms with Crippen LogP contribution in [0.25, 0.3) is 16.6 Å². The molecule has 172 valence electrons. The predicted octanol–water partition coefficient (Wildman–Crippen LogP) is 4.56. The molecule has 0 bridgehead atoms. The summed E-state index contributed by atoms with van der Waals surface area (Å²) >= 11 is 0. The van der Waals surface area contributed by atoms with E-state index in [1.165, 1.54) is 19.3 Å². The maximum atomic E-state index is 12.9. The lowest BCUT2D eigenvalue weighted by Gasteiger charge is -2.17. The van der Waals surface area contributed by atoms with Gasteiger partial charge in [0, 0.05) is 11.1 Å². The number of nitrogens with zero attached hydrogens (tertiary/aromatic N) is 1. The number of nitrogens with one attached hydrogen (secondary N) is 1. The van der Waals surface area contributed by atoms with Gasteiger partial charge in [-0.15, -0.1) is 4.73 Å². The van der Waals surface area contributed by atoms with Crippen molar-refractivity contribution in [1.82, 2.24) is 10.0 Å². The molecular weight excluding hydrogens is 396 g/mol. The molecule has 0 saturated heterocycles. The fourth-order valence-electron chi connectivity index (χ4n) is 2.83. The summed E-state index contributed by atoms with van der Waals surface area (Å²) in [7, 11) is 0. The van der Waals surface area contributed by atoms with Crippen LogP contribution in [0.4, 0.5) is 0 Å². The molecule has 2 rings (SSSR count). The van der Waals surface area contributed by atoms with Crippen LogP contribution in [-0.2, 0) is 4.79 Å². The molecule has 7 nitrogen and oxygen atoms in total. The summed E-state index contributed by atoms with van der Waals surface area (Å²) < 4.78 is 1.15. The van der Waals surface area contributed by atoms with Crippen LogP contribution in [0.2, 0.25) is 0 Å². The van der Waals surface area contributed by atoms with Gasteiger partial charge in [-0.05, 0) is 25.0 Å². The molecule has 0 amide bonds. The van der Waals surface area contributed by atoms with Crippen LogP contribution in [0.15, 0.2) is 35.6 Å². The van der Waals surface area contributed by atoms with E-state index in [4.69, 9.17) is 9.94 Å². The Kier molecular flexibility index (Phi) is 11.9. The SMILES string of the molecule is C=C(NCC(=O)O)c1c(O)c2ccccc2n(OCCCCCCC)c1=O.CCCC. The van der Waals surface area contributed by atoms with Crippen LogP contribution >= 0.6 is 0 Å². The van der Waals surface area contributed by atoms with Crippen LogP contribution < -0.4 is 15.7 Å². The van der Waals surface area contributed by atoms with E-state index in [1.807, 2.05) is 0 Å². The number of hydrogen-bond donors (Lipinski definition) is 3. The summed E-state index contributed by atoms with van der Waals surface area (Å²) in [6, 6.07) is 6.84. The molecule has 1 aromatic carbocycles. The van der Waals surface area contributed by atoms with Gasteiger partial charge in [-0.1, -0.05) is 71.6 Å². The maximum Gasteiger partial charge on any atom is 0.322 e. The number of para-hydroxylation sites is 1. The van der Waals surface area contributed by atoms with Gasteiger partial charge in [0.05, 0.1) is 5.52 Å². The van der Waals surface area contributed by atoms with Crippen molar-refractivity contribution in [3.8, 4) is 5.75 Å². The number of aromatic hydroxyl groups is 1. The Bertz CT molecular complexity index is 903. The summed E-state index contributed by atoms with van der Waals surface area (Å²) in [5, 5.41) is 22.3. The van der Waals surface area contributed by atoms with E-state index < -0.39 is 18.1 Å². The molecule has 0 saturated carbocycles. The first-order chi connectivity index (χ1) is 14.9. The van der Waals surface area contributed by atoms with E-state index in [9.17, 15) is 14.7 Å². The van der Waals surface area contributed by atoms with Gasteiger partial charge in [0.1, 0.15) is 24.5 Å². The van der Waals surface area contributed by atoms with E-state index in [2.05, 4.69) is 32.7 Å². The highest BCUT2D eigenvalue weighted by Gasteiger charge is 2.19. The van der Waals surface area contributed by atoms with Crippen LogP contribution in [0.5, 0.6) is 5.75 Å². The zero-order valence-corrected chi connectivity index (χ0v) is 18.9. The first-order valence-electron chi connectivity index (χ1n) is 11.0. The second kappa shape index (κ2) is 14.1. The molecule has 7 heteroatoms. The van der Waals surface area contributed by atoms with Gasteiger partial charge in [0.2, 0.25) is 0 Å². The summed E-state index contributed by atoms with van der Waals surface area (Å²) in [5.74, 6) is -1.35. The molecule has 2 aromatic rings. The third kappa shape index (κ3) is 8.00. The Hall–Kier alpha value is -2.96. The molecule has 0 aliphatic rings. The lowest BCUT2D eigenvalue weighted by Crippen LogP contribution is -2.32. The van der Waals surface area contributed by atoms with E-state index in [0.29, 0.717) is 17.5 Å². The largest absolute Gasteiger partial charge is 0.506 e. The highest BCUT2D eigenvalue weighted by atomic mass is 16.7.